The van der Waals surface area contributed by atoms with Gasteiger partial charge < -0.3 is 19.1 Å². The average Bonchev–Trinajstić information content (AvgIpc) is 2.78. The third-order valence-electron chi connectivity index (χ3n) is 6.15. The van der Waals surface area contributed by atoms with Crippen molar-refractivity contribution in [1.82, 2.24) is 4.90 Å². The number of halogens is 1. The van der Waals surface area contributed by atoms with Crippen molar-refractivity contribution in [3.8, 4) is 17.2 Å². The standard InChI is InChI=1S/C25H26ClNO5/c1-16-12-18(26)14-19-20(28)15-25(32-24(16)19)8-10-27(11-9-25)23(29)7-5-17-4-6-21(30-2)22(13-17)31-3/h4-7,12-14H,8-11,15H2,1-3H3/b7-5+. The van der Waals surface area contributed by atoms with Crippen molar-refractivity contribution in [3.63, 3.8) is 0 Å². The number of amides is 1. The van der Waals surface area contributed by atoms with Crippen LogP contribution in [0.2, 0.25) is 5.02 Å². The molecule has 0 unspecified atom stereocenters. The molecule has 2 aromatic carbocycles. The molecule has 6 nitrogen and oxygen atoms in total. The number of ether oxygens (including phenoxy) is 3. The summed E-state index contributed by atoms with van der Waals surface area (Å²) in [5.74, 6) is 1.85. The molecular weight excluding hydrogens is 430 g/mol. The van der Waals surface area contributed by atoms with Gasteiger partial charge in [0.05, 0.1) is 26.2 Å². The molecule has 32 heavy (non-hydrogen) atoms. The maximum absolute atomic E-state index is 12.8. The molecule has 1 amide bonds. The molecule has 2 aliphatic heterocycles. The van der Waals surface area contributed by atoms with Crippen molar-refractivity contribution in [2.45, 2.75) is 31.8 Å². The van der Waals surface area contributed by atoms with E-state index in [1.807, 2.05) is 25.1 Å². The molecule has 168 valence electrons. The van der Waals surface area contributed by atoms with Crippen LogP contribution >= 0.6 is 11.6 Å². The molecule has 0 aliphatic carbocycles. The second kappa shape index (κ2) is 8.87. The molecule has 0 N–H and O–H groups in total. The van der Waals surface area contributed by atoms with Gasteiger partial charge >= 0.3 is 0 Å². The summed E-state index contributed by atoms with van der Waals surface area (Å²) in [5.41, 5.74) is 1.69. The summed E-state index contributed by atoms with van der Waals surface area (Å²) in [4.78, 5) is 27.3. The van der Waals surface area contributed by atoms with Crippen LogP contribution in [0, 0.1) is 6.92 Å². The van der Waals surface area contributed by atoms with Crippen LogP contribution < -0.4 is 14.2 Å². The number of likely N-dealkylation sites (tertiary alicyclic amines) is 1. The van der Waals surface area contributed by atoms with Gasteiger partial charge in [-0.15, -0.1) is 0 Å². The van der Waals surface area contributed by atoms with Crippen LogP contribution in [0.5, 0.6) is 17.2 Å². The van der Waals surface area contributed by atoms with E-state index in [2.05, 4.69) is 0 Å². The number of rotatable bonds is 4. The summed E-state index contributed by atoms with van der Waals surface area (Å²) < 4.78 is 16.9. The van der Waals surface area contributed by atoms with Gasteiger partial charge in [0.25, 0.3) is 0 Å². The summed E-state index contributed by atoms with van der Waals surface area (Å²) in [6.07, 6.45) is 4.85. The number of nitrogens with zero attached hydrogens (tertiary/aromatic N) is 1. The van der Waals surface area contributed by atoms with Crippen LogP contribution in [-0.2, 0) is 4.79 Å². The molecule has 1 saturated heterocycles. The van der Waals surface area contributed by atoms with Gasteiger partial charge in [-0.3, -0.25) is 9.59 Å². The summed E-state index contributed by atoms with van der Waals surface area (Å²) in [7, 11) is 3.16. The first-order chi connectivity index (χ1) is 15.3. The molecule has 7 heteroatoms. The Morgan fingerprint density at radius 2 is 1.84 bits per heavy atom. The van der Waals surface area contributed by atoms with Crippen LogP contribution in [-0.4, -0.2) is 49.5 Å². The molecule has 1 spiro atoms. The van der Waals surface area contributed by atoms with Crippen molar-refractivity contribution in [3.05, 3.63) is 58.1 Å². The molecule has 1 fully saturated rings. The predicted molar refractivity (Wildman–Crippen MR) is 123 cm³/mol. The number of carbonyl (C=O) groups is 2. The molecule has 2 heterocycles. The van der Waals surface area contributed by atoms with Gasteiger partial charge in [-0.1, -0.05) is 17.7 Å². The number of fused-ring (bicyclic) bond motifs is 1. The Labute approximate surface area is 192 Å². The first-order valence-corrected chi connectivity index (χ1v) is 10.9. The Hall–Kier alpha value is -2.99. The fourth-order valence-corrected chi connectivity index (χ4v) is 4.63. The van der Waals surface area contributed by atoms with Gasteiger partial charge in [-0.25, -0.2) is 0 Å². The summed E-state index contributed by atoms with van der Waals surface area (Å²) in [6, 6.07) is 8.98. The van der Waals surface area contributed by atoms with Crippen LogP contribution in [0.25, 0.3) is 6.08 Å². The number of Topliss-reactive ketones (excluding diaryl/α,β-unsaturated/α-hetero) is 1. The number of hydrogen-bond acceptors (Lipinski definition) is 5. The number of carbonyl (C=O) groups excluding carboxylic acids is 2. The minimum Gasteiger partial charge on any atom is -0.493 e. The molecule has 0 saturated carbocycles. The van der Waals surface area contributed by atoms with Crippen molar-refractivity contribution in [2.75, 3.05) is 27.3 Å². The number of hydrogen-bond donors (Lipinski definition) is 0. The van der Waals surface area contributed by atoms with Crippen molar-refractivity contribution in [2.24, 2.45) is 0 Å². The highest BCUT2D eigenvalue weighted by atomic mass is 35.5. The van der Waals surface area contributed by atoms with Gasteiger partial charge in [0.15, 0.2) is 17.3 Å². The highest BCUT2D eigenvalue weighted by Gasteiger charge is 2.44. The lowest BCUT2D eigenvalue weighted by Crippen LogP contribution is -2.52. The number of piperidine rings is 1. The lowest BCUT2D eigenvalue weighted by Gasteiger charge is -2.44. The van der Waals surface area contributed by atoms with E-state index in [1.54, 1.807) is 43.4 Å². The van der Waals surface area contributed by atoms with Gasteiger partial charge in [-0.2, -0.15) is 0 Å². The van der Waals surface area contributed by atoms with Crippen molar-refractivity contribution >= 4 is 29.4 Å². The smallest absolute Gasteiger partial charge is 0.246 e. The fraction of sp³-hybridized carbons (Fsp3) is 0.360. The first-order valence-electron chi connectivity index (χ1n) is 10.6. The van der Waals surface area contributed by atoms with E-state index in [4.69, 9.17) is 25.8 Å². The molecule has 2 aromatic rings. The predicted octanol–water partition coefficient (Wildman–Crippen LogP) is 4.71. The molecule has 0 aromatic heterocycles. The minimum atomic E-state index is -0.563. The van der Waals surface area contributed by atoms with E-state index >= 15 is 0 Å². The molecule has 2 aliphatic rings. The Morgan fingerprint density at radius 1 is 1.12 bits per heavy atom. The fourth-order valence-electron chi connectivity index (χ4n) is 4.36. The van der Waals surface area contributed by atoms with Crippen molar-refractivity contribution in [1.29, 1.82) is 0 Å². The van der Waals surface area contributed by atoms with Crippen LogP contribution in [0.4, 0.5) is 0 Å². The first kappa shape index (κ1) is 22.2. The third kappa shape index (κ3) is 4.32. The number of methoxy groups -OCH3 is 2. The normalized spacial score (nSPS) is 17.2. The molecular formula is C25H26ClNO5. The van der Waals surface area contributed by atoms with Crippen LogP contribution in [0.3, 0.4) is 0 Å². The van der Waals surface area contributed by atoms with Gasteiger partial charge in [-0.05, 0) is 48.4 Å². The van der Waals surface area contributed by atoms with E-state index < -0.39 is 5.60 Å². The number of ketones is 1. The van der Waals surface area contributed by atoms with E-state index in [1.165, 1.54) is 0 Å². The zero-order valence-corrected chi connectivity index (χ0v) is 19.2. The topological polar surface area (TPSA) is 65.1 Å². The van der Waals surface area contributed by atoms with Crippen LogP contribution in [0.15, 0.2) is 36.4 Å². The van der Waals surface area contributed by atoms with E-state index in [0.29, 0.717) is 60.2 Å². The highest BCUT2D eigenvalue weighted by Crippen LogP contribution is 2.42. The van der Waals surface area contributed by atoms with Crippen molar-refractivity contribution < 1.29 is 23.8 Å². The second-order valence-corrected chi connectivity index (χ2v) is 8.69. The molecule has 0 atom stereocenters. The quantitative estimate of drug-likeness (QED) is 0.625. The minimum absolute atomic E-state index is 0.0463. The summed E-state index contributed by atoms with van der Waals surface area (Å²) in [5, 5.41) is 0.538. The maximum atomic E-state index is 12.8. The second-order valence-electron chi connectivity index (χ2n) is 8.26. The molecule has 0 bridgehead atoms. The highest BCUT2D eigenvalue weighted by molar-refractivity contribution is 6.31. The van der Waals surface area contributed by atoms with E-state index in [9.17, 15) is 9.59 Å². The SMILES string of the molecule is COc1ccc(/C=C/C(=O)N2CCC3(CC2)CC(=O)c2cc(Cl)cc(C)c2O3)cc1OC. The maximum Gasteiger partial charge on any atom is 0.246 e. The molecule has 0 radical (unpaired) electrons. The zero-order chi connectivity index (χ0) is 22.9. The average molecular weight is 456 g/mol. The van der Waals surface area contributed by atoms with Gasteiger partial charge in [0.2, 0.25) is 5.91 Å². The number of aryl methyl sites for hydroxylation is 1. The van der Waals surface area contributed by atoms with E-state index in [0.717, 1.165) is 11.1 Å². The third-order valence-corrected chi connectivity index (χ3v) is 6.37. The Kier molecular flexibility index (Phi) is 6.15. The van der Waals surface area contributed by atoms with Crippen LogP contribution in [0.1, 0.15) is 40.7 Å². The van der Waals surface area contributed by atoms with Gasteiger partial charge in [0, 0.05) is 37.0 Å². The zero-order valence-electron chi connectivity index (χ0n) is 18.4. The lowest BCUT2D eigenvalue weighted by molar-refractivity contribution is -0.129. The Morgan fingerprint density at radius 3 is 2.53 bits per heavy atom. The summed E-state index contributed by atoms with van der Waals surface area (Å²) >= 11 is 6.11. The lowest BCUT2D eigenvalue weighted by atomic mass is 9.82. The Bertz CT molecular complexity index is 1090. The monoisotopic (exact) mass is 455 g/mol. The largest absolute Gasteiger partial charge is 0.493 e. The molecule has 4 rings (SSSR count). The van der Waals surface area contributed by atoms with Gasteiger partial charge in [0.1, 0.15) is 11.4 Å². The Balaban J connectivity index is 1.42. The van der Waals surface area contributed by atoms with E-state index in [-0.39, 0.29) is 11.7 Å². The number of benzene rings is 2. The summed E-state index contributed by atoms with van der Waals surface area (Å²) in [6.45, 7) is 2.96.